The lowest BCUT2D eigenvalue weighted by Crippen LogP contribution is -2.13. The monoisotopic (exact) mass is 205 g/mol. The molecule has 82 valence electrons. The maximum atomic E-state index is 4.48. The van der Waals surface area contributed by atoms with E-state index in [-0.39, 0.29) is 0 Å². The van der Waals surface area contributed by atoms with E-state index in [0.29, 0.717) is 5.92 Å². The Hall–Kier alpha value is -1.38. The number of rotatable bonds is 3. The highest BCUT2D eigenvalue weighted by Gasteiger charge is 2.07. The van der Waals surface area contributed by atoms with Crippen molar-refractivity contribution >= 4 is 11.9 Å². The first-order valence-corrected chi connectivity index (χ1v) is 5.23. The van der Waals surface area contributed by atoms with E-state index < -0.39 is 0 Å². The molecule has 0 spiro atoms. The van der Waals surface area contributed by atoms with Gasteiger partial charge in [0.15, 0.2) is 5.82 Å². The van der Waals surface area contributed by atoms with Crippen molar-refractivity contribution in [3.05, 3.63) is 23.7 Å². The second-order valence-corrected chi connectivity index (χ2v) is 4.06. The third-order valence-electron chi connectivity index (χ3n) is 2.12. The van der Waals surface area contributed by atoms with Crippen molar-refractivity contribution in [3.63, 3.8) is 0 Å². The van der Waals surface area contributed by atoms with Gasteiger partial charge in [-0.3, -0.25) is 0 Å². The fourth-order valence-electron chi connectivity index (χ4n) is 1.22. The molecule has 3 heteroatoms. The lowest BCUT2D eigenvalue weighted by Gasteiger charge is -2.14. The molecule has 0 amide bonds. The first kappa shape index (κ1) is 11.7. The van der Waals surface area contributed by atoms with Crippen molar-refractivity contribution in [1.29, 1.82) is 0 Å². The van der Waals surface area contributed by atoms with Crippen LogP contribution in [0.4, 0.5) is 5.82 Å². The largest absolute Gasteiger partial charge is 0.363 e. The van der Waals surface area contributed by atoms with Gasteiger partial charge in [-0.15, -0.1) is 0 Å². The number of aromatic nitrogens is 2. The van der Waals surface area contributed by atoms with Gasteiger partial charge in [0, 0.05) is 25.9 Å². The molecule has 0 atom stereocenters. The minimum Gasteiger partial charge on any atom is -0.363 e. The van der Waals surface area contributed by atoms with Gasteiger partial charge in [-0.1, -0.05) is 19.9 Å². The molecule has 0 aliphatic heterocycles. The molecule has 1 aromatic rings. The van der Waals surface area contributed by atoms with Gasteiger partial charge in [0.05, 0.1) is 0 Å². The van der Waals surface area contributed by atoms with Crippen LogP contribution in [0.2, 0.25) is 0 Å². The highest BCUT2D eigenvalue weighted by Crippen LogP contribution is 2.17. The first-order valence-electron chi connectivity index (χ1n) is 5.23. The zero-order chi connectivity index (χ0) is 11.4. The summed E-state index contributed by atoms with van der Waals surface area (Å²) in [5.74, 6) is 2.17. The Morgan fingerprint density at radius 2 is 1.93 bits per heavy atom. The van der Waals surface area contributed by atoms with Gasteiger partial charge in [-0.25, -0.2) is 9.97 Å². The minimum absolute atomic E-state index is 0.427. The van der Waals surface area contributed by atoms with Crippen LogP contribution in [0.5, 0.6) is 0 Å². The number of hydrogen-bond donors (Lipinski definition) is 0. The predicted molar refractivity (Wildman–Crippen MR) is 65.2 cm³/mol. The average Bonchev–Trinajstić information content (AvgIpc) is 2.17. The molecule has 15 heavy (non-hydrogen) atoms. The lowest BCUT2D eigenvalue weighted by atomic mass is 10.1. The Balaban J connectivity index is 3.20. The summed E-state index contributed by atoms with van der Waals surface area (Å²) in [6.07, 6.45) is 3.89. The van der Waals surface area contributed by atoms with Crippen LogP contribution in [0.3, 0.4) is 0 Å². The SMILES string of the molecule is CC=Cc1nc(C(C)C)cc(N(C)C)n1. The summed E-state index contributed by atoms with van der Waals surface area (Å²) < 4.78 is 0. The van der Waals surface area contributed by atoms with Crippen LogP contribution in [-0.2, 0) is 0 Å². The fraction of sp³-hybridized carbons (Fsp3) is 0.500. The van der Waals surface area contributed by atoms with Crippen LogP contribution in [-0.4, -0.2) is 24.1 Å². The van der Waals surface area contributed by atoms with Crippen molar-refractivity contribution < 1.29 is 0 Å². The molecular weight excluding hydrogens is 186 g/mol. The van der Waals surface area contributed by atoms with E-state index in [4.69, 9.17) is 0 Å². The summed E-state index contributed by atoms with van der Waals surface area (Å²) in [4.78, 5) is 10.9. The molecule has 0 saturated carbocycles. The number of anilines is 1. The highest BCUT2D eigenvalue weighted by molar-refractivity contribution is 5.46. The summed E-state index contributed by atoms with van der Waals surface area (Å²) in [6.45, 7) is 6.25. The zero-order valence-electron chi connectivity index (χ0n) is 10.2. The van der Waals surface area contributed by atoms with Crippen LogP contribution in [0.25, 0.3) is 6.08 Å². The molecule has 0 aromatic carbocycles. The number of nitrogens with zero attached hydrogens (tertiary/aromatic N) is 3. The van der Waals surface area contributed by atoms with Gasteiger partial charge in [0.25, 0.3) is 0 Å². The smallest absolute Gasteiger partial charge is 0.154 e. The predicted octanol–water partition coefficient (Wildman–Crippen LogP) is 2.70. The number of hydrogen-bond acceptors (Lipinski definition) is 3. The van der Waals surface area contributed by atoms with Crippen LogP contribution < -0.4 is 4.90 Å². The van der Waals surface area contributed by atoms with Crippen molar-refractivity contribution in [1.82, 2.24) is 9.97 Å². The minimum atomic E-state index is 0.427. The Bertz CT molecular complexity index is 328. The van der Waals surface area contributed by atoms with E-state index in [1.807, 2.05) is 44.1 Å². The molecule has 1 rings (SSSR count). The third-order valence-corrected chi connectivity index (χ3v) is 2.12. The average molecular weight is 205 g/mol. The molecule has 0 N–H and O–H groups in total. The summed E-state index contributed by atoms with van der Waals surface area (Å²) in [5, 5.41) is 0. The molecular formula is C12H19N3. The molecule has 0 saturated heterocycles. The summed E-state index contributed by atoms with van der Waals surface area (Å²) in [7, 11) is 3.98. The van der Waals surface area contributed by atoms with Gasteiger partial charge in [0.1, 0.15) is 5.82 Å². The Morgan fingerprint density at radius 1 is 1.27 bits per heavy atom. The quantitative estimate of drug-likeness (QED) is 0.759. The van der Waals surface area contributed by atoms with Gasteiger partial charge in [0.2, 0.25) is 0 Å². The molecule has 3 nitrogen and oxygen atoms in total. The van der Waals surface area contributed by atoms with Crippen LogP contribution in [0.15, 0.2) is 12.1 Å². The number of allylic oxidation sites excluding steroid dienone is 1. The van der Waals surface area contributed by atoms with E-state index in [0.717, 1.165) is 17.3 Å². The van der Waals surface area contributed by atoms with Crippen molar-refractivity contribution in [2.45, 2.75) is 26.7 Å². The molecule has 0 aliphatic carbocycles. The molecule has 1 heterocycles. The van der Waals surface area contributed by atoms with E-state index in [2.05, 4.69) is 23.8 Å². The maximum absolute atomic E-state index is 4.48. The van der Waals surface area contributed by atoms with Gasteiger partial charge in [-0.2, -0.15) is 0 Å². The van der Waals surface area contributed by atoms with Crippen molar-refractivity contribution in [2.75, 3.05) is 19.0 Å². The Morgan fingerprint density at radius 3 is 2.40 bits per heavy atom. The highest BCUT2D eigenvalue weighted by atomic mass is 15.1. The molecule has 1 aromatic heterocycles. The second-order valence-electron chi connectivity index (χ2n) is 4.06. The van der Waals surface area contributed by atoms with E-state index in [9.17, 15) is 0 Å². The van der Waals surface area contributed by atoms with Crippen LogP contribution in [0, 0.1) is 0 Å². The summed E-state index contributed by atoms with van der Waals surface area (Å²) in [6, 6.07) is 2.04. The molecule has 0 fully saturated rings. The normalized spacial score (nSPS) is 11.3. The zero-order valence-corrected chi connectivity index (χ0v) is 10.2. The lowest BCUT2D eigenvalue weighted by molar-refractivity contribution is 0.807. The topological polar surface area (TPSA) is 29.0 Å². The summed E-state index contributed by atoms with van der Waals surface area (Å²) >= 11 is 0. The first-order chi connectivity index (χ1) is 7.04. The molecule has 0 unspecified atom stereocenters. The summed E-state index contributed by atoms with van der Waals surface area (Å²) in [5.41, 5.74) is 1.09. The van der Waals surface area contributed by atoms with E-state index in [1.54, 1.807) is 0 Å². The molecule has 0 radical (unpaired) electrons. The van der Waals surface area contributed by atoms with Gasteiger partial charge < -0.3 is 4.90 Å². The Labute approximate surface area is 91.9 Å². The van der Waals surface area contributed by atoms with Gasteiger partial charge in [-0.05, 0) is 18.9 Å². The van der Waals surface area contributed by atoms with Crippen LogP contribution >= 0.6 is 0 Å². The van der Waals surface area contributed by atoms with E-state index in [1.165, 1.54) is 0 Å². The van der Waals surface area contributed by atoms with Gasteiger partial charge >= 0.3 is 0 Å². The third kappa shape index (κ3) is 3.05. The van der Waals surface area contributed by atoms with E-state index >= 15 is 0 Å². The van der Waals surface area contributed by atoms with Crippen LogP contribution in [0.1, 0.15) is 38.2 Å². The maximum Gasteiger partial charge on any atom is 0.154 e. The Kier molecular flexibility index (Phi) is 3.83. The molecule has 0 aliphatic rings. The second kappa shape index (κ2) is 4.91. The molecule has 0 bridgehead atoms. The van der Waals surface area contributed by atoms with Crippen molar-refractivity contribution in [2.24, 2.45) is 0 Å². The standard InChI is InChI=1S/C12H19N3/c1-6-7-11-13-10(9(2)3)8-12(14-11)15(4)5/h6-9H,1-5H3. The van der Waals surface area contributed by atoms with Crippen molar-refractivity contribution in [3.8, 4) is 0 Å². The fourth-order valence-corrected chi connectivity index (χ4v) is 1.22.